The molecule has 9 heteroatoms. The molecule has 120 valence electrons. The molecular weight excluding hydrogens is 332 g/mol. The van der Waals surface area contributed by atoms with Crippen molar-refractivity contribution in [3.63, 3.8) is 0 Å². The Labute approximate surface area is 139 Å². The van der Waals surface area contributed by atoms with Crippen LogP contribution in [0.2, 0.25) is 0 Å². The van der Waals surface area contributed by atoms with Crippen LogP contribution >= 0.6 is 11.3 Å². The van der Waals surface area contributed by atoms with Gasteiger partial charge in [-0.05, 0) is 18.2 Å². The van der Waals surface area contributed by atoms with Crippen LogP contribution in [0, 0.1) is 10.1 Å². The van der Waals surface area contributed by atoms with Gasteiger partial charge in [0.05, 0.1) is 16.0 Å². The number of anilines is 1. The van der Waals surface area contributed by atoms with Crippen molar-refractivity contribution in [2.45, 2.75) is 0 Å². The van der Waals surface area contributed by atoms with Crippen LogP contribution in [-0.2, 0) is 0 Å². The normalized spacial score (nSPS) is 10.2. The molecule has 2 heterocycles. The standard InChI is InChI=1S/C15H10N4O4S/c20-15(12-4-5-14(24-12)19(21)22)18-10-2-1-3-11(8-10)23-13-9-16-6-7-17-13/h1-9H,(H,18,20). The zero-order valence-corrected chi connectivity index (χ0v) is 12.9. The summed E-state index contributed by atoms with van der Waals surface area (Å²) in [6, 6.07) is 9.43. The lowest BCUT2D eigenvalue weighted by atomic mass is 10.3. The molecule has 0 saturated carbocycles. The molecule has 3 aromatic rings. The molecule has 1 aromatic carbocycles. The van der Waals surface area contributed by atoms with E-state index in [4.69, 9.17) is 4.74 Å². The summed E-state index contributed by atoms with van der Waals surface area (Å²) in [6.45, 7) is 0. The Bertz CT molecular complexity index is 882. The third-order valence-electron chi connectivity index (χ3n) is 2.85. The third-order valence-corrected chi connectivity index (χ3v) is 3.89. The van der Waals surface area contributed by atoms with E-state index in [9.17, 15) is 14.9 Å². The number of aromatic nitrogens is 2. The van der Waals surface area contributed by atoms with E-state index in [2.05, 4.69) is 15.3 Å². The Morgan fingerprint density at radius 3 is 2.83 bits per heavy atom. The van der Waals surface area contributed by atoms with Gasteiger partial charge in [-0.15, -0.1) is 0 Å². The van der Waals surface area contributed by atoms with E-state index in [1.165, 1.54) is 30.7 Å². The topological polar surface area (TPSA) is 107 Å². The van der Waals surface area contributed by atoms with Crippen molar-refractivity contribution in [2.24, 2.45) is 0 Å². The fourth-order valence-electron chi connectivity index (χ4n) is 1.84. The molecule has 2 aromatic heterocycles. The van der Waals surface area contributed by atoms with E-state index in [0.29, 0.717) is 17.3 Å². The van der Waals surface area contributed by atoms with E-state index >= 15 is 0 Å². The second kappa shape index (κ2) is 6.84. The lowest BCUT2D eigenvalue weighted by molar-refractivity contribution is -0.380. The summed E-state index contributed by atoms with van der Waals surface area (Å²) in [4.78, 5) is 30.4. The van der Waals surface area contributed by atoms with Crippen molar-refractivity contribution in [3.8, 4) is 11.6 Å². The van der Waals surface area contributed by atoms with Crippen LogP contribution in [0.25, 0.3) is 0 Å². The number of nitrogens with zero attached hydrogens (tertiary/aromatic N) is 3. The number of carbonyl (C=O) groups is 1. The largest absolute Gasteiger partial charge is 0.437 e. The van der Waals surface area contributed by atoms with Gasteiger partial charge in [0, 0.05) is 30.2 Å². The Balaban J connectivity index is 1.71. The highest BCUT2D eigenvalue weighted by Gasteiger charge is 2.15. The minimum absolute atomic E-state index is 0.0834. The molecule has 8 nitrogen and oxygen atoms in total. The van der Waals surface area contributed by atoms with Crippen molar-refractivity contribution in [2.75, 3.05) is 5.32 Å². The number of carbonyl (C=O) groups excluding carboxylic acids is 1. The van der Waals surface area contributed by atoms with Gasteiger partial charge in [-0.25, -0.2) is 4.98 Å². The van der Waals surface area contributed by atoms with Gasteiger partial charge < -0.3 is 10.1 Å². The number of hydrogen-bond acceptors (Lipinski definition) is 7. The van der Waals surface area contributed by atoms with E-state index in [1.54, 1.807) is 24.3 Å². The minimum atomic E-state index is -0.531. The molecule has 0 saturated heterocycles. The number of benzene rings is 1. The van der Waals surface area contributed by atoms with Crippen LogP contribution in [-0.4, -0.2) is 20.8 Å². The Morgan fingerprint density at radius 1 is 1.25 bits per heavy atom. The van der Waals surface area contributed by atoms with Gasteiger partial charge in [0.2, 0.25) is 5.88 Å². The Morgan fingerprint density at radius 2 is 2.12 bits per heavy atom. The molecule has 0 radical (unpaired) electrons. The molecule has 0 spiro atoms. The van der Waals surface area contributed by atoms with Gasteiger partial charge in [0.15, 0.2) is 0 Å². The molecule has 24 heavy (non-hydrogen) atoms. The first-order valence-corrected chi connectivity index (χ1v) is 7.53. The lowest BCUT2D eigenvalue weighted by Gasteiger charge is -2.07. The zero-order chi connectivity index (χ0) is 16.9. The maximum atomic E-state index is 12.1. The van der Waals surface area contributed by atoms with Crippen molar-refractivity contribution in [3.05, 3.63) is 70.0 Å². The fraction of sp³-hybridized carbons (Fsp3) is 0. The average Bonchev–Trinajstić information content (AvgIpc) is 3.06. The number of rotatable bonds is 5. The highest BCUT2D eigenvalue weighted by molar-refractivity contribution is 7.17. The first-order valence-electron chi connectivity index (χ1n) is 6.71. The quantitative estimate of drug-likeness (QED) is 0.562. The van der Waals surface area contributed by atoms with Gasteiger partial charge >= 0.3 is 5.00 Å². The van der Waals surface area contributed by atoms with Crippen LogP contribution in [0.5, 0.6) is 11.6 Å². The van der Waals surface area contributed by atoms with Gasteiger partial charge in [-0.3, -0.25) is 19.9 Å². The summed E-state index contributed by atoms with van der Waals surface area (Å²) >= 11 is 0.815. The van der Waals surface area contributed by atoms with Gasteiger partial charge in [0.1, 0.15) is 5.75 Å². The molecule has 0 aliphatic carbocycles. The van der Waals surface area contributed by atoms with Crippen LogP contribution in [0.4, 0.5) is 10.7 Å². The lowest BCUT2D eigenvalue weighted by Crippen LogP contribution is -2.09. The summed E-state index contributed by atoms with van der Waals surface area (Å²) < 4.78 is 5.53. The summed E-state index contributed by atoms with van der Waals surface area (Å²) in [5, 5.41) is 13.3. The number of ether oxygens (including phenoxy) is 1. The summed E-state index contributed by atoms with van der Waals surface area (Å²) in [7, 11) is 0. The second-order valence-electron chi connectivity index (χ2n) is 4.52. The number of amides is 1. The minimum Gasteiger partial charge on any atom is -0.437 e. The predicted octanol–water partition coefficient (Wildman–Crippen LogP) is 3.49. The van der Waals surface area contributed by atoms with Gasteiger partial charge in [0.25, 0.3) is 5.91 Å². The van der Waals surface area contributed by atoms with Crippen molar-refractivity contribution in [1.82, 2.24) is 9.97 Å². The third kappa shape index (κ3) is 3.70. The van der Waals surface area contributed by atoms with Crippen LogP contribution in [0.3, 0.4) is 0 Å². The highest BCUT2D eigenvalue weighted by atomic mass is 32.1. The van der Waals surface area contributed by atoms with Crippen LogP contribution < -0.4 is 10.1 Å². The zero-order valence-electron chi connectivity index (χ0n) is 12.1. The summed E-state index contributed by atoms with van der Waals surface area (Å²) in [5.74, 6) is 0.380. The second-order valence-corrected chi connectivity index (χ2v) is 5.58. The van der Waals surface area contributed by atoms with Crippen molar-refractivity contribution < 1.29 is 14.5 Å². The summed E-state index contributed by atoms with van der Waals surface area (Å²) in [5.41, 5.74) is 0.498. The van der Waals surface area contributed by atoms with E-state index in [0.717, 1.165) is 11.3 Å². The number of thiophene rings is 1. The van der Waals surface area contributed by atoms with Crippen molar-refractivity contribution in [1.29, 1.82) is 0 Å². The highest BCUT2D eigenvalue weighted by Crippen LogP contribution is 2.26. The molecule has 0 atom stereocenters. The van der Waals surface area contributed by atoms with E-state index < -0.39 is 10.8 Å². The SMILES string of the molecule is O=C(Nc1cccc(Oc2cnccn2)c1)c1ccc([N+](=O)[O-])s1. The maximum absolute atomic E-state index is 12.1. The van der Waals surface area contributed by atoms with Crippen molar-refractivity contribution >= 4 is 27.9 Å². The Hall–Kier alpha value is -3.33. The molecule has 0 aliphatic heterocycles. The maximum Gasteiger partial charge on any atom is 0.324 e. The molecule has 0 unspecified atom stereocenters. The molecule has 0 fully saturated rings. The molecular formula is C15H10N4O4S. The fourth-order valence-corrected chi connectivity index (χ4v) is 2.55. The smallest absolute Gasteiger partial charge is 0.324 e. The first kappa shape index (κ1) is 15.6. The molecule has 0 bridgehead atoms. The van der Waals surface area contributed by atoms with Crippen LogP contribution in [0.15, 0.2) is 55.0 Å². The predicted molar refractivity (Wildman–Crippen MR) is 87.5 cm³/mol. The monoisotopic (exact) mass is 342 g/mol. The molecule has 3 rings (SSSR count). The number of nitrogens with one attached hydrogen (secondary N) is 1. The van der Waals surface area contributed by atoms with E-state index in [-0.39, 0.29) is 9.88 Å². The van der Waals surface area contributed by atoms with Gasteiger partial charge in [-0.1, -0.05) is 17.4 Å². The Kier molecular flexibility index (Phi) is 4.43. The summed E-state index contributed by atoms with van der Waals surface area (Å²) in [6.07, 6.45) is 4.50. The van der Waals surface area contributed by atoms with E-state index in [1.807, 2.05) is 0 Å². The molecule has 1 N–H and O–H groups in total. The average molecular weight is 342 g/mol. The van der Waals surface area contributed by atoms with Crippen LogP contribution in [0.1, 0.15) is 9.67 Å². The molecule has 1 amide bonds. The molecule has 0 aliphatic rings. The number of hydrogen-bond donors (Lipinski definition) is 1. The number of nitro groups is 1. The van der Waals surface area contributed by atoms with Gasteiger partial charge in [-0.2, -0.15) is 0 Å². The first-order chi connectivity index (χ1) is 11.6.